The summed E-state index contributed by atoms with van der Waals surface area (Å²) in [6.07, 6.45) is 3.75. The maximum Gasteiger partial charge on any atom is 0.264 e. The maximum absolute atomic E-state index is 14.2. The summed E-state index contributed by atoms with van der Waals surface area (Å²) in [6.45, 7) is 3.21. The Balaban J connectivity index is 1.72. The molecular formula is C33H40FN3O7S. The van der Waals surface area contributed by atoms with Crippen LogP contribution >= 0.6 is 0 Å². The number of sulfonamides is 1. The molecule has 0 bridgehead atoms. The van der Waals surface area contributed by atoms with Crippen LogP contribution in [0, 0.1) is 5.82 Å². The van der Waals surface area contributed by atoms with Gasteiger partial charge in [0.05, 0.1) is 31.4 Å². The summed E-state index contributed by atoms with van der Waals surface area (Å²) < 4.78 is 59.2. The number of amides is 2. The van der Waals surface area contributed by atoms with Crippen molar-refractivity contribution in [3.8, 4) is 17.2 Å². The van der Waals surface area contributed by atoms with Crippen LogP contribution in [0.2, 0.25) is 0 Å². The highest BCUT2D eigenvalue weighted by Gasteiger charge is 2.34. The number of carbonyl (C=O) groups excluding carboxylic acids is 2. The summed E-state index contributed by atoms with van der Waals surface area (Å²) in [7, 11) is -1.51. The molecule has 12 heteroatoms. The minimum atomic E-state index is -4.35. The number of methoxy groups -OCH3 is 2. The van der Waals surface area contributed by atoms with E-state index in [0.29, 0.717) is 23.7 Å². The van der Waals surface area contributed by atoms with E-state index < -0.39 is 34.3 Å². The van der Waals surface area contributed by atoms with Gasteiger partial charge in [-0.1, -0.05) is 25.0 Å². The van der Waals surface area contributed by atoms with Crippen molar-refractivity contribution in [1.29, 1.82) is 0 Å². The van der Waals surface area contributed by atoms with Crippen molar-refractivity contribution in [3.05, 3.63) is 78.1 Å². The molecule has 4 rings (SSSR count). The molecule has 2 amide bonds. The number of carbonyl (C=O) groups is 2. The zero-order chi connectivity index (χ0) is 32.6. The number of hydrogen-bond acceptors (Lipinski definition) is 7. The normalized spacial score (nSPS) is 14.0. The lowest BCUT2D eigenvalue weighted by atomic mass is 10.1. The summed E-state index contributed by atoms with van der Waals surface area (Å²) >= 11 is 0. The maximum atomic E-state index is 14.2. The van der Waals surface area contributed by atoms with Crippen molar-refractivity contribution in [1.82, 2.24) is 10.2 Å². The Morgan fingerprint density at radius 3 is 2.20 bits per heavy atom. The number of rotatable bonds is 14. The Morgan fingerprint density at radius 1 is 0.956 bits per heavy atom. The molecule has 45 heavy (non-hydrogen) atoms. The van der Waals surface area contributed by atoms with Gasteiger partial charge in [0.1, 0.15) is 24.2 Å². The fourth-order valence-electron chi connectivity index (χ4n) is 5.27. The number of benzene rings is 3. The first kappa shape index (κ1) is 33.6. The molecule has 1 N–H and O–H groups in total. The van der Waals surface area contributed by atoms with Crippen LogP contribution in [0.4, 0.5) is 10.1 Å². The average molecular weight is 642 g/mol. The predicted octanol–water partition coefficient (Wildman–Crippen LogP) is 4.91. The van der Waals surface area contributed by atoms with E-state index in [-0.39, 0.29) is 34.8 Å². The monoisotopic (exact) mass is 641 g/mol. The Labute approximate surface area is 264 Å². The molecule has 0 heterocycles. The van der Waals surface area contributed by atoms with Gasteiger partial charge in [0.2, 0.25) is 11.8 Å². The van der Waals surface area contributed by atoms with E-state index in [1.807, 2.05) is 6.92 Å². The average Bonchev–Trinajstić information content (AvgIpc) is 3.56. The van der Waals surface area contributed by atoms with E-state index in [9.17, 15) is 22.4 Å². The minimum Gasteiger partial charge on any atom is -0.494 e. The highest BCUT2D eigenvalue weighted by molar-refractivity contribution is 7.92. The van der Waals surface area contributed by atoms with Crippen molar-refractivity contribution in [2.45, 2.75) is 63.1 Å². The van der Waals surface area contributed by atoms with Gasteiger partial charge in [0, 0.05) is 18.7 Å². The van der Waals surface area contributed by atoms with Crippen molar-refractivity contribution in [2.24, 2.45) is 0 Å². The Morgan fingerprint density at radius 2 is 1.60 bits per heavy atom. The second-order valence-electron chi connectivity index (χ2n) is 10.8. The molecular weight excluding hydrogens is 601 g/mol. The first-order valence-corrected chi connectivity index (χ1v) is 16.3. The molecule has 1 fully saturated rings. The zero-order valence-corrected chi connectivity index (χ0v) is 26.8. The number of nitrogens with one attached hydrogen (secondary N) is 1. The molecule has 1 atom stereocenters. The molecule has 0 aromatic heterocycles. The molecule has 1 aliphatic rings. The van der Waals surface area contributed by atoms with Gasteiger partial charge in [-0.05, 0) is 80.8 Å². The highest BCUT2D eigenvalue weighted by atomic mass is 32.2. The Bertz CT molecular complexity index is 1560. The van der Waals surface area contributed by atoms with Crippen LogP contribution in [-0.4, -0.2) is 64.6 Å². The Hall–Kier alpha value is -4.32. The van der Waals surface area contributed by atoms with Crippen LogP contribution in [0.1, 0.15) is 45.1 Å². The molecule has 242 valence electrons. The van der Waals surface area contributed by atoms with Crippen molar-refractivity contribution < 1.29 is 36.6 Å². The lowest BCUT2D eigenvalue weighted by molar-refractivity contribution is -0.139. The standard InChI is InChI=1S/C33H40FN3O7S/c1-5-44-28-16-14-27(15-17-28)37(45(40,41)29-18-19-30(42-3)31(20-29)43-4)22-32(38)36(21-24-10-12-25(34)13-11-24)23(2)33(39)35-26-8-6-7-9-26/h10-20,23,26H,5-9,21-22H2,1-4H3,(H,35,39)/t23-/m1/s1. The molecule has 0 spiro atoms. The zero-order valence-electron chi connectivity index (χ0n) is 26.0. The Kier molecular flexibility index (Phi) is 11.3. The summed E-state index contributed by atoms with van der Waals surface area (Å²) in [5.74, 6) is -0.323. The second kappa shape index (κ2) is 15.1. The molecule has 10 nitrogen and oxygen atoms in total. The fourth-order valence-corrected chi connectivity index (χ4v) is 6.70. The summed E-state index contributed by atoms with van der Waals surface area (Å²) in [6, 6.07) is 15.2. The van der Waals surface area contributed by atoms with Gasteiger partial charge in [0.15, 0.2) is 11.5 Å². The number of ether oxygens (including phenoxy) is 3. The van der Waals surface area contributed by atoms with Crippen LogP contribution < -0.4 is 23.8 Å². The van der Waals surface area contributed by atoms with Gasteiger partial charge < -0.3 is 24.4 Å². The van der Waals surface area contributed by atoms with Crippen molar-refractivity contribution in [2.75, 3.05) is 31.7 Å². The van der Waals surface area contributed by atoms with Gasteiger partial charge in [-0.25, -0.2) is 12.8 Å². The van der Waals surface area contributed by atoms with Crippen LogP contribution in [0.25, 0.3) is 0 Å². The van der Waals surface area contributed by atoms with Gasteiger partial charge in [-0.2, -0.15) is 0 Å². The number of halogens is 1. The smallest absolute Gasteiger partial charge is 0.264 e. The van der Waals surface area contributed by atoms with E-state index >= 15 is 0 Å². The summed E-state index contributed by atoms with van der Waals surface area (Å²) in [4.78, 5) is 28.7. The first-order valence-electron chi connectivity index (χ1n) is 14.9. The van der Waals surface area contributed by atoms with E-state index in [1.54, 1.807) is 31.2 Å². The molecule has 0 saturated heterocycles. The van der Waals surface area contributed by atoms with Crippen LogP contribution in [0.5, 0.6) is 17.2 Å². The lowest BCUT2D eigenvalue weighted by Gasteiger charge is -2.32. The largest absolute Gasteiger partial charge is 0.494 e. The number of anilines is 1. The molecule has 0 unspecified atom stereocenters. The number of hydrogen-bond donors (Lipinski definition) is 1. The van der Waals surface area contributed by atoms with Crippen LogP contribution in [-0.2, 0) is 26.2 Å². The SMILES string of the molecule is CCOc1ccc(N(CC(=O)N(Cc2ccc(F)cc2)[C@H](C)C(=O)NC2CCCC2)S(=O)(=O)c2ccc(OC)c(OC)c2)cc1. The minimum absolute atomic E-state index is 0.0218. The van der Waals surface area contributed by atoms with Gasteiger partial charge in [-0.3, -0.25) is 13.9 Å². The molecule has 0 aliphatic heterocycles. The quantitative estimate of drug-likeness (QED) is 0.266. The first-order chi connectivity index (χ1) is 21.6. The van der Waals surface area contributed by atoms with Crippen LogP contribution in [0.3, 0.4) is 0 Å². The van der Waals surface area contributed by atoms with E-state index in [4.69, 9.17) is 14.2 Å². The molecule has 1 aliphatic carbocycles. The molecule has 1 saturated carbocycles. The third-order valence-corrected chi connectivity index (χ3v) is 9.56. The molecule has 3 aromatic rings. The van der Waals surface area contributed by atoms with Crippen molar-refractivity contribution in [3.63, 3.8) is 0 Å². The third-order valence-electron chi connectivity index (χ3n) is 7.79. The number of nitrogens with zero attached hydrogens (tertiary/aromatic N) is 2. The second-order valence-corrected chi connectivity index (χ2v) is 12.6. The van der Waals surface area contributed by atoms with Gasteiger partial charge >= 0.3 is 0 Å². The molecule has 3 aromatic carbocycles. The van der Waals surface area contributed by atoms with Crippen LogP contribution in [0.15, 0.2) is 71.6 Å². The van der Waals surface area contributed by atoms with Crippen molar-refractivity contribution >= 4 is 27.5 Å². The molecule has 0 radical (unpaired) electrons. The highest BCUT2D eigenvalue weighted by Crippen LogP contribution is 2.33. The van der Waals surface area contributed by atoms with Gasteiger partial charge in [-0.15, -0.1) is 0 Å². The fraction of sp³-hybridized carbons (Fsp3) is 0.394. The lowest BCUT2D eigenvalue weighted by Crippen LogP contribution is -2.52. The predicted molar refractivity (Wildman–Crippen MR) is 168 cm³/mol. The van der Waals surface area contributed by atoms with E-state index in [1.165, 1.54) is 61.6 Å². The van der Waals surface area contributed by atoms with E-state index in [2.05, 4.69) is 5.32 Å². The summed E-state index contributed by atoms with van der Waals surface area (Å²) in [5, 5.41) is 3.03. The summed E-state index contributed by atoms with van der Waals surface area (Å²) in [5.41, 5.74) is 0.798. The third kappa shape index (κ3) is 8.24. The topological polar surface area (TPSA) is 114 Å². The van der Waals surface area contributed by atoms with E-state index in [0.717, 1.165) is 30.0 Å². The van der Waals surface area contributed by atoms with Gasteiger partial charge in [0.25, 0.3) is 10.0 Å².